The van der Waals surface area contributed by atoms with Gasteiger partial charge in [0.05, 0.1) is 25.3 Å². The molecule has 6 heteroatoms. The first kappa shape index (κ1) is 26.0. The molecule has 0 saturated carbocycles. The third-order valence-electron chi connectivity index (χ3n) is 5.50. The van der Waals surface area contributed by atoms with Gasteiger partial charge in [-0.25, -0.2) is 0 Å². The molecule has 0 atom stereocenters. The molecule has 0 radical (unpaired) electrons. The van der Waals surface area contributed by atoms with E-state index in [-0.39, 0.29) is 23.1 Å². The fourth-order valence-electron chi connectivity index (χ4n) is 3.46. The molecule has 0 aliphatic rings. The van der Waals surface area contributed by atoms with Crippen molar-refractivity contribution < 1.29 is 29.3 Å². The van der Waals surface area contributed by atoms with E-state index in [2.05, 4.69) is 0 Å². The van der Waals surface area contributed by atoms with Crippen molar-refractivity contribution in [3.05, 3.63) is 118 Å². The van der Waals surface area contributed by atoms with Crippen LogP contribution >= 0.6 is 0 Å². The summed E-state index contributed by atoms with van der Waals surface area (Å²) in [5.41, 5.74) is 3.50. The highest BCUT2D eigenvalue weighted by Crippen LogP contribution is 2.24. The lowest BCUT2D eigenvalue weighted by molar-refractivity contribution is 0.102. The van der Waals surface area contributed by atoms with Crippen LogP contribution in [0, 0.1) is 13.8 Å². The van der Waals surface area contributed by atoms with Crippen LogP contribution in [0.2, 0.25) is 0 Å². The molecule has 184 valence electrons. The first-order chi connectivity index (χ1) is 17.2. The summed E-state index contributed by atoms with van der Waals surface area (Å²) in [5.74, 6) is 1.01. The van der Waals surface area contributed by atoms with Crippen molar-refractivity contribution >= 4 is 11.6 Å². The number of hydrogen-bond acceptors (Lipinski definition) is 6. The largest absolute Gasteiger partial charge is 0.507 e. The molecule has 0 unspecified atom stereocenters. The van der Waals surface area contributed by atoms with Crippen LogP contribution in [0.15, 0.2) is 84.9 Å². The lowest BCUT2D eigenvalue weighted by Gasteiger charge is -2.06. The molecule has 0 aromatic heterocycles. The average molecular weight is 485 g/mol. The van der Waals surface area contributed by atoms with Crippen molar-refractivity contribution in [2.24, 2.45) is 0 Å². The topological polar surface area (TPSA) is 93.1 Å². The number of methoxy groups -OCH3 is 2. The Bertz CT molecular complexity index is 1250. The number of rotatable bonds is 6. The van der Waals surface area contributed by atoms with E-state index in [0.29, 0.717) is 33.8 Å². The summed E-state index contributed by atoms with van der Waals surface area (Å²) in [5, 5.41) is 19.6. The summed E-state index contributed by atoms with van der Waals surface area (Å²) in [6, 6.07) is 23.6. The monoisotopic (exact) mass is 484 g/mol. The van der Waals surface area contributed by atoms with Gasteiger partial charge in [-0.3, -0.25) is 9.59 Å². The molecular formula is C30H28O6. The van der Waals surface area contributed by atoms with Crippen LogP contribution in [0.1, 0.15) is 43.0 Å². The van der Waals surface area contributed by atoms with E-state index < -0.39 is 0 Å². The second kappa shape index (κ2) is 11.7. The van der Waals surface area contributed by atoms with Gasteiger partial charge in [-0.15, -0.1) is 0 Å². The van der Waals surface area contributed by atoms with Crippen LogP contribution in [0.4, 0.5) is 0 Å². The molecule has 0 heterocycles. The number of aryl methyl sites for hydroxylation is 2. The Hall–Kier alpha value is -4.58. The average Bonchev–Trinajstić information content (AvgIpc) is 2.88. The number of carbonyl (C=O) groups excluding carboxylic acids is 2. The zero-order valence-corrected chi connectivity index (χ0v) is 20.6. The lowest BCUT2D eigenvalue weighted by atomic mass is 10.0. The first-order valence-corrected chi connectivity index (χ1v) is 11.2. The summed E-state index contributed by atoms with van der Waals surface area (Å²) < 4.78 is 10.1. The second-order valence-electron chi connectivity index (χ2n) is 8.16. The minimum Gasteiger partial charge on any atom is -0.507 e. The van der Waals surface area contributed by atoms with Crippen LogP contribution < -0.4 is 9.47 Å². The third-order valence-corrected chi connectivity index (χ3v) is 5.50. The predicted octanol–water partition coefficient (Wildman–Crippen LogP) is 5.88. The van der Waals surface area contributed by atoms with Gasteiger partial charge in [0.2, 0.25) is 0 Å². The molecule has 0 aliphatic carbocycles. The molecule has 0 saturated heterocycles. The summed E-state index contributed by atoms with van der Waals surface area (Å²) in [4.78, 5) is 24.4. The third kappa shape index (κ3) is 6.30. The Morgan fingerprint density at radius 1 is 0.556 bits per heavy atom. The quantitative estimate of drug-likeness (QED) is 0.332. The molecule has 4 rings (SSSR count). The Labute approximate surface area is 210 Å². The SMILES string of the molecule is COc1ccc(C(=O)c2ccc(C)cc2O)cc1.COc1ccc(C(=O)c2ccc(C)cc2O)cc1. The van der Waals surface area contributed by atoms with Crippen molar-refractivity contribution in [1.82, 2.24) is 0 Å². The van der Waals surface area contributed by atoms with Gasteiger partial charge in [-0.2, -0.15) is 0 Å². The molecule has 0 spiro atoms. The molecule has 0 bridgehead atoms. The Morgan fingerprint density at radius 2 is 0.889 bits per heavy atom. The van der Waals surface area contributed by atoms with Gasteiger partial charge in [0.15, 0.2) is 11.6 Å². The van der Waals surface area contributed by atoms with Crippen molar-refractivity contribution in [2.45, 2.75) is 13.8 Å². The van der Waals surface area contributed by atoms with Crippen molar-refractivity contribution in [3.63, 3.8) is 0 Å². The fourth-order valence-corrected chi connectivity index (χ4v) is 3.46. The number of aromatic hydroxyl groups is 2. The smallest absolute Gasteiger partial charge is 0.196 e. The summed E-state index contributed by atoms with van der Waals surface area (Å²) in [6.07, 6.45) is 0. The fraction of sp³-hybridized carbons (Fsp3) is 0.133. The Balaban J connectivity index is 0.000000201. The van der Waals surface area contributed by atoms with E-state index >= 15 is 0 Å². The minimum absolute atomic E-state index is 0.0100. The number of phenolic OH excluding ortho intramolecular Hbond substituents is 2. The van der Waals surface area contributed by atoms with Crippen LogP contribution in [-0.2, 0) is 0 Å². The number of benzene rings is 4. The van der Waals surface area contributed by atoms with Gasteiger partial charge in [-0.1, -0.05) is 12.1 Å². The molecular weight excluding hydrogens is 456 g/mol. The van der Waals surface area contributed by atoms with E-state index in [1.54, 1.807) is 99.1 Å². The maximum absolute atomic E-state index is 12.2. The number of carbonyl (C=O) groups is 2. The summed E-state index contributed by atoms with van der Waals surface area (Å²) in [6.45, 7) is 3.72. The summed E-state index contributed by atoms with van der Waals surface area (Å²) in [7, 11) is 3.14. The zero-order valence-electron chi connectivity index (χ0n) is 20.6. The van der Waals surface area contributed by atoms with Crippen LogP contribution in [0.5, 0.6) is 23.0 Å². The van der Waals surface area contributed by atoms with Gasteiger partial charge < -0.3 is 19.7 Å². The number of ketones is 2. The molecule has 0 aliphatic heterocycles. The molecule has 0 amide bonds. The predicted molar refractivity (Wildman–Crippen MR) is 139 cm³/mol. The second-order valence-corrected chi connectivity index (χ2v) is 8.16. The van der Waals surface area contributed by atoms with E-state index in [9.17, 15) is 19.8 Å². The van der Waals surface area contributed by atoms with Gasteiger partial charge in [-0.05, 0) is 97.8 Å². The zero-order chi connectivity index (χ0) is 26.2. The van der Waals surface area contributed by atoms with Crippen LogP contribution in [0.3, 0.4) is 0 Å². The normalized spacial score (nSPS) is 10.1. The molecule has 4 aromatic rings. The van der Waals surface area contributed by atoms with Gasteiger partial charge in [0.1, 0.15) is 23.0 Å². The number of phenols is 2. The van der Waals surface area contributed by atoms with E-state index in [1.807, 2.05) is 13.8 Å². The van der Waals surface area contributed by atoms with Crippen LogP contribution in [0.25, 0.3) is 0 Å². The Morgan fingerprint density at radius 3 is 1.17 bits per heavy atom. The maximum Gasteiger partial charge on any atom is 0.196 e. The van der Waals surface area contributed by atoms with Crippen molar-refractivity contribution in [3.8, 4) is 23.0 Å². The molecule has 36 heavy (non-hydrogen) atoms. The minimum atomic E-state index is -0.199. The lowest BCUT2D eigenvalue weighted by Crippen LogP contribution is -2.01. The summed E-state index contributed by atoms with van der Waals surface area (Å²) >= 11 is 0. The molecule has 4 aromatic carbocycles. The highest BCUT2D eigenvalue weighted by atomic mass is 16.5. The van der Waals surface area contributed by atoms with Gasteiger partial charge >= 0.3 is 0 Å². The first-order valence-electron chi connectivity index (χ1n) is 11.2. The Kier molecular flexibility index (Phi) is 8.47. The van der Waals surface area contributed by atoms with Crippen LogP contribution in [-0.4, -0.2) is 36.0 Å². The molecule has 2 N–H and O–H groups in total. The van der Waals surface area contributed by atoms with E-state index in [1.165, 1.54) is 0 Å². The van der Waals surface area contributed by atoms with Gasteiger partial charge in [0, 0.05) is 11.1 Å². The van der Waals surface area contributed by atoms with Crippen molar-refractivity contribution in [1.29, 1.82) is 0 Å². The molecule has 0 fully saturated rings. The maximum atomic E-state index is 12.2. The highest BCUT2D eigenvalue weighted by molar-refractivity contribution is 6.11. The van der Waals surface area contributed by atoms with Gasteiger partial charge in [0.25, 0.3) is 0 Å². The number of ether oxygens (including phenoxy) is 2. The van der Waals surface area contributed by atoms with E-state index in [4.69, 9.17) is 9.47 Å². The molecule has 6 nitrogen and oxygen atoms in total. The van der Waals surface area contributed by atoms with Crippen molar-refractivity contribution in [2.75, 3.05) is 14.2 Å². The van der Waals surface area contributed by atoms with E-state index in [0.717, 1.165) is 11.1 Å². The standard InChI is InChI=1S/2C15H14O3/c2*1-10-3-8-13(14(16)9-10)15(17)11-4-6-12(18-2)7-5-11/h2*3-9,16H,1-2H3. The number of hydrogen-bond donors (Lipinski definition) is 2. The highest BCUT2D eigenvalue weighted by Gasteiger charge is 2.14.